The second-order valence-corrected chi connectivity index (χ2v) is 5.70. The summed E-state index contributed by atoms with van der Waals surface area (Å²) >= 11 is 11.9. The van der Waals surface area contributed by atoms with E-state index in [1.165, 1.54) is 0 Å². The van der Waals surface area contributed by atoms with Crippen LogP contribution in [0.4, 0.5) is 5.69 Å². The first-order chi connectivity index (χ1) is 11.1. The maximum atomic E-state index is 11.0. The van der Waals surface area contributed by atoms with Crippen molar-refractivity contribution in [2.45, 2.75) is 6.54 Å². The first-order valence-electron chi connectivity index (χ1n) is 6.83. The number of halogens is 2. The fourth-order valence-corrected chi connectivity index (χ4v) is 2.81. The number of rotatable bonds is 5. The van der Waals surface area contributed by atoms with Crippen LogP contribution in [0.15, 0.2) is 47.6 Å². The quantitative estimate of drug-likeness (QED) is 0.648. The van der Waals surface area contributed by atoms with E-state index in [0.29, 0.717) is 39.8 Å². The fraction of sp³-hybridized carbons (Fsp3) is 0.125. The summed E-state index contributed by atoms with van der Waals surface area (Å²) in [5.74, 6) is 0.444. The average Bonchev–Trinajstić information content (AvgIpc) is 2.82. The highest BCUT2D eigenvalue weighted by atomic mass is 35.5. The number of benzene rings is 2. The van der Waals surface area contributed by atoms with Crippen molar-refractivity contribution in [1.29, 1.82) is 0 Å². The molecule has 1 aromatic heterocycles. The zero-order chi connectivity index (χ0) is 16.4. The maximum Gasteiger partial charge on any atom is 0.222 e. The fourth-order valence-electron chi connectivity index (χ4n) is 2.42. The lowest BCUT2D eigenvalue weighted by atomic mass is 10.2. The van der Waals surface area contributed by atoms with E-state index < -0.39 is 0 Å². The van der Waals surface area contributed by atoms with Crippen LogP contribution in [0.25, 0.3) is 10.9 Å². The van der Waals surface area contributed by atoms with Gasteiger partial charge in [-0.2, -0.15) is 0 Å². The highest BCUT2D eigenvalue weighted by Crippen LogP contribution is 2.41. The zero-order valence-electron chi connectivity index (χ0n) is 11.9. The molecule has 0 saturated heterocycles. The van der Waals surface area contributed by atoms with Crippen LogP contribution in [-0.2, 0) is 6.54 Å². The van der Waals surface area contributed by atoms with Crippen LogP contribution in [0, 0.1) is 4.91 Å². The van der Waals surface area contributed by atoms with Gasteiger partial charge < -0.3 is 14.4 Å². The molecule has 0 aliphatic rings. The molecule has 0 unspecified atom stereocenters. The van der Waals surface area contributed by atoms with Crippen LogP contribution in [0.2, 0.25) is 10.0 Å². The van der Waals surface area contributed by atoms with Crippen molar-refractivity contribution < 1.29 is 9.84 Å². The van der Waals surface area contributed by atoms with Crippen LogP contribution in [0.3, 0.4) is 0 Å². The Kier molecular flexibility index (Phi) is 4.41. The molecule has 3 aromatic rings. The number of ether oxygens (including phenoxy) is 1. The van der Waals surface area contributed by atoms with Gasteiger partial charge in [0, 0.05) is 5.02 Å². The zero-order valence-corrected chi connectivity index (χ0v) is 13.4. The molecule has 0 atom stereocenters. The molecule has 3 rings (SSSR count). The van der Waals surface area contributed by atoms with Crippen LogP contribution in [0.1, 0.15) is 0 Å². The predicted octanol–water partition coefficient (Wildman–Crippen LogP) is 5.13. The van der Waals surface area contributed by atoms with Gasteiger partial charge in [0.2, 0.25) is 5.88 Å². The molecule has 1 N–H and O–H groups in total. The first-order valence-corrected chi connectivity index (χ1v) is 7.59. The van der Waals surface area contributed by atoms with Crippen molar-refractivity contribution in [2.75, 3.05) is 6.61 Å². The van der Waals surface area contributed by atoms with Crippen molar-refractivity contribution in [3.8, 4) is 11.6 Å². The standard InChI is InChI=1S/C16H12Cl2N2O3/c17-10-4-6-11(7-5-10)23-9-8-20-13-3-1-2-12(18)14(13)15(19-22)16(20)21/h1-7,21H,8-9H2. The molecular weight excluding hydrogens is 339 g/mol. The van der Waals surface area contributed by atoms with E-state index in [1.807, 2.05) is 0 Å². The largest absolute Gasteiger partial charge is 0.493 e. The summed E-state index contributed by atoms with van der Waals surface area (Å²) in [5.41, 5.74) is 0.571. The van der Waals surface area contributed by atoms with E-state index in [4.69, 9.17) is 27.9 Å². The van der Waals surface area contributed by atoms with Gasteiger partial charge >= 0.3 is 0 Å². The summed E-state index contributed by atoms with van der Waals surface area (Å²) in [5, 5.41) is 14.5. The Hall–Kier alpha value is -2.24. The van der Waals surface area contributed by atoms with Gasteiger partial charge in [-0.3, -0.25) is 0 Å². The van der Waals surface area contributed by atoms with E-state index in [2.05, 4.69) is 5.18 Å². The van der Waals surface area contributed by atoms with E-state index in [0.717, 1.165) is 0 Å². The lowest BCUT2D eigenvalue weighted by molar-refractivity contribution is 0.290. The summed E-state index contributed by atoms with van der Waals surface area (Å²) < 4.78 is 7.16. The number of nitrogens with zero attached hydrogens (tertiary/aromatic N) is 2. The molecule has 1 heterocycles. The molecule has 0 aliphatic heterocycles. The maximum absolute atomic E-state index is 11.0. The van der Waals surface area contributed by atoms with Crippen molar-refractivity contribution in [1.82, 2.24) is 4.57 Å². The van der Waals surface area contributed by atoms with Crippen LogP contribution >= 0.6 is 23.2 Å². The van der Waals surface area contributed by atoms with Gasteiger partial charge in [0.1, 0.15) is 12.4 Å². The highest BCUT2D eigenvalue weighted by molar-refractivity contribution is 6.36. The molecule has 2 aromatic carbocycles. The Morgan fingerprint density at radius 3 is 2.57 bits per heavy atom. The Labute approximate surface area is 142 Å². The number of fused-ring (bicyclic) bond motifs is 1. The van der Waals surface area contributed by atoms with E-state index in [9.17, 15) is 10.0 Å². The molecule has 7 heteroatoms. The molecule has 5 nitrogen and oxygen atoms in total. The first kappa shape index (κ1) is 15.6. The molecule has 0 radical (unpaired) electrons. The molecular formula is C16H12Cl2N2O3. The van der Waals surface area contributed by atoms with Crippen molar-refractivity contribution in [2.24, 2.45) is 5.18 Å². The lowest BCUT2D eigenvalue weighted by Gasteiger charge is -2.09. The SMILES string of the molecule is O=Nc1c(O)n(CCOc2ccc(Cl)cc2)c2cccc(Cl)c12. The molecule has 118 valence electrons. The molecule has 0 fully saturated rings. The second kappa shape index (κ2) is 6.48. The van der Waals surface area contributed by atoms with E-state index in [-0.39, 0.29) is 11.6 Å². The topological polar surface area (TPSA) is 63.8 Å². The summed E-state index contributed by atoms with van der Waals surface area (Å²) in [7, 11) is 0. The van der Waals surface area contributed by atoms with Gasteiger partial charge in [-0.15, -0.1) is 4.91 Å². The van der Waals surface area contributed by atoms with Gasteiger partial charge in [-0.05, 0) is 41.6 Å². The van der Waals surface area contributed by atoms with Crippen molar-refractivity contribution in [3.63, 3.8) is 0 Å². The summed E-state index contributed by atoms with van der Waals surface area (Å²) in [6.45, 7) is 0.630. The summed E-state index contributed by atoms with van der Waals surface area (Å²) in [6.07, 6.45) is 0. The Morgan fingerprint density at radius 2 is 1.87 bits per heavy atom. The second-order valence-electron chi connectivity index (χ2n) is 4.85. The lowest BCUT2D eigenvalue weighted by Crippen LogP contribution is -2.07. The Morgan fingerprint density at radius 1 is 1.13 bits per heavy atom. The number of aromatic hydroxyl groups is 1. The van der Waals surface area contributed by atoms with Gasteiger partial charge in [0.05, 0.1) is 22.5 Å². The van der Waals surface area contributed by atoms with E-state index in [1.54, 1.807) is 47.0 Å². The predicted molar refractivity (Wildman–Crippen MR) is 91.0 cm³/mol. The van der Waals surface area contributed by atoms with E-state index >= 15 is 0 Å². The summed E-state index contributed by atoms with van der Waals surface area (Å²) in [4.78, 5) is 11.0. The highest BCUT2D eigenvalue weighted by Gasteiger charge is 2.19. The third-order valence-corrected chi connectivity index (χ3v) is 4.04. The normalized spacial score (nSPS) is 10.9. The summed E-state index contributed by atoms with van der Waals surface area (Å²) in [6, 6.07) is 12.1. The number of hydrogen-bond donors (Lipinski definition) is 1. The minimum absolute atomic E-state index is 0.0582. The smallest absolute Gasteiger partial charge is 0.222 e. The van der Waals surface area contributed by atoms with Crippen LogP contribution in [-0.4, -0.2) is 16.3 Å². The average molecular weight is 351 g/mol. The Balaban J connectivity index is 1.85. The van der Waals surface area contributed by atoms with Gasteiger partial charge in [-0.25, -0.2) is 0 Å². The van der Waals surface area contributed by atoms with Crippen molar-refractivity contribution in [3.05, 3.63) is 57.4 Å². The molecule has 0 bridgehead atoms. The Bertz CT molecular complexity index is 860. The third-order valence-electron chi connectivity index (χ3n) is 3.48. The number of aromatic nitrogens is 1. The molecule has 0 spiro atoms. The van der Waals surface area contributed by atoms with Gasteiger partial charge in [0.25, 0.3) is 0 Å². The molecule has 0 aliphatic carbocycles. The third kappa shape index (κ3) is 2.98. The number of hydrogen-bond acceptors (Lipinski definition) is 4. The van der Waals surface area contributed by atoms with Crippen LogP contribution in [0.5, 0.6) is 11.6 Å². The van der Waals surface area contributed by atoms with Crippen LogP contribution < -0.4 is 4.74 Å². The van der Waals surface area contributed by atoms with Crippen molar-refractivity contribution >= 4 is 39.8 Å². The minimum Gasteiger partial charge on any atom is -0.493 e. The molecule has 0 amide bonds. The minimum atomic E-state index is -0.220. The molecule has 23 heavy (non-hydrogen) atoms. The monoisotopic (exact) mass is 350 g/mol. The van der Waals surface area contributed by atoms with Gasteiger partial charge in [-0.1, -0.05) is 29.3 Å². The van der Waals surface area contributed by atoms with Gasteiger partial charge in [0.15, 0.2) is 5.69 Å². The number of nitroso groups, excluding NO2 is 1. The molecule has 0 saturated carbocycles.